The van der Waals surface area contributed by atoms with Crippen molar-refractivity contribution in [2.24, 2.45) is 11.7 Å². The molecule has 0 aliphatic heterocycles. The fourth-order valence-corrected chi connectivity index (χ4v) is 1.82. The van der Waals surface area contributed by atoms with Gasteiger partial charge >= 0.3 is 0 Å². The molecule has 0 heterocycles. The van der Waals surface area contributed by atoms with E-state index in [4.69, 9.17) is 12.2 Å². The van der Waals surface area contributed by atoms with E-state index >= 15 is 0 Å². The Hall–Kier alpha value is -1.01. The minimum Gasteiger partial charge on any atom is -0.335 e. The minimum atomic E-state index is 0.135. The molecule has 1 unspecified atom stereocenters. The highest BCUT2D eigenvalue weighted by Gasteiger charge is 2.12. The van der Waals surface area contributed by atoms with Gasteiger partial charge in [-0.2, -0.15) is 0 Å². The third-order valence-corrected chi connectivity index (χ3v) is 2.79. The van der Waals surface area contributed by atoms with Gasteiger partial charge in [0.05, 0.1) is 6.54 Å². The Balaban J connectivity index is 3.90. The molecule has 0 aliphatic rings. The molecule has 0 aliphatic carbocycles. The number of amides is 1. The summed E-state index contributed by atoms with van der Waals surface area (Å²) in [6.07, 6.45) is 10.00. The van der Waals surface area contributed by atoms with E-state index in [2.05, 4.69) is 12.8 Å². The van der Waals surface area contributed by atoms with E-state index in [-0.39, 0.29) is 5.91 Å². The van der Waals surface area contributed by atoms with Gasteiger partial charge in [-0.1, -0.05) is 25.7 Å². The molecule has 0 bridgehead atoms. The van der Waals surface area contributed by atoms with Crippen molar-refractivity contribution in [3.63, 3.8) is 0 Å². The van der Waals surface area contributed by atoms with Crippen LogP contribution in [0.4, 0.5) is 0 Å². The van der Waals surface area contributed by atoms with Crippen LogP contribution in [0.25, 0.3) is 0 Å². The van der Waals surface area contributed by atoms with Gasteiger partial charge in [-0.3, -0.25) is 4.79 Å². The SMILES string of the molecule is C#CCN(C)C(=O)CCC(CCC)CCN. The van der Waals surface area contributed by atoms with Crippen molar-refractivity contribution in [1.82, 2.24) is 4.90 Å². The molecular weight excluding hydrogens is 200 g/mol. The van der Waals surface area contributed by atoms with Gasteiger partial charge in [-0.25, -0.2) is 0 Å². The molecule has 2 N–H and O–H groups in total. The number of carbonyl (C=O) groups excluding carboxylic acids is 1. The molecule has 0 fully saturated rings. The summed E-state index contributed by atoms with van der Waals surface area (Å²) in [6.45, 7) is 3.27. The molecule has 92 valence electrons. The van der Waals surface area contributed by atoms with Gasteiger partial charge in [0.1, 0.15) is 0 Å². The average Bonchev–Trinajstić information content (AvgIpc) is 2.26. The van der Waals surface area contributed by atoms with Crippen molar-refractivity contribution in [2.45, 2.75) is 39.0 Å². The first-order valence-electron chi connectivity index (χ1n) is 6.03. The van der Waals surface area contributed by atoms with Crippen LogP contribution in [0.2, 0.25) is 0 Å². The molecular formula is C13H24N2O. The topological polar surface area (TPSA) is 46.3 Å². The number of nitrogens with zero attached hydrogens (tertiary/aromatic N) is 1. The summed E-state index contributed by atoms with van der Waals surface area (Å²) in [6, 6.07) is 0. The molecule has 0 aromatic carbocycles. The molecule has 3 nitrogen and oxygen atoms in total. The summed E-state index contributed by atoms with van der Waals surface area (Å²) < 4.78 is 0. The van der Waals surface area contributed by atoms with Crippen molar-refractivity contribution in [2.75, 3.05) is 20.1 Å². The van der Waals surface area contributed by atoms with Crippen LogP contribution in [0.15, 0.2) is 0 Å². The van der Waals surface area contributed by atoms with Crippen LogP contribution in [0.1, 0.15) is 39.0 Å². The fraction of sp³-hybridized carbons (Fsp3) is 0.769. The number of nitrogens with two attached hydrogens (primary N) is 1. The van der Waals surface area contributed by atoms with Crippen LogP contribution in [0, 0.1) is 18.3 Å². The lowest BCUT2D eigenvalue weighted by Gasteiger charge is -2.17. The number of hydrogen-bond acceptors (Lipinski definition) is 2. The van der Waals surface area contributed by atoms with Gasteiger partial charge in [0.25, 0.3) is 0 Å². The van der Waals surface area contributed by atoms with Crippen molar-refractivity contribution in [1.29, 1.82) is 0 Å². The second-order valence-electron chi connectivity index (χ2n) is 4.22. The van der Waals surface area contributed by atoms with Gasteiger partial charge in [0.15, 0.2) is 0 Å². The van der Waals surface area contributed by atoms with E-state index in [0.29, 0.717) is 25.4 Å². The quantitative estimate of drug-likeness (QED) is 0.637. The van der Waals surface area contributed by atoms with E-state index in [1.165, 1.54) is 0 Å². The molecule has 0 aromatic rings. The van der Waals surface area contributed by atoms with E-state index in [9.17, 15) is 4.79 Å². The van der Waals surface area contributed by atoms with E-state index in [1.54, 1.807) is 11.9 Å². The van der Waals surface area contributed by atoms with Gasteiger partial charge < -0.3 is 10.6 Å². The summed E-state index contributed by atoms with van der Waals surface area (Å²) in [5.41, 5.74) is 5.55. The maximum Gasteiger partial charge on any atom is 0.223 e. The molecule has 0 saturated heterocycles. The highest BCUT2D eigenvalue weighted by atomic mass is 16.2. The predicted octanol–water partition coefficient (Wildman–Crippen LogP) is 1.62. The molecule has 0 radical (unpaired) electrons. The van der Waals surface area contributed by atoms with Crippen LogP contribution in [-0.2, 0) is 4.79 Å². The number of terminal acetylenes is 1. The molecule has 1 amide bonds. The second-order valence-corrected chi connectivity index (χ2v) is 4.22. The maximum absolute atomic E-state index is 11.6. The molecule has 0 rings (SSSR count). The summed E-state index contributed by atoms with van der Waals surface area (Å²) in [5, 5.41) is 0. The van der Waals surface area contributed by atoms with E-state index in [1.807, 2.05) is 0 Å². The van der Waals surface area contributed by atoms with Crippen molar-refractivity contribution in [3.05, 3.63) is 0 Å². The van der Waals surface area contributed by atoms with Crippen LogP contribution in [0.5, 0.6) is 0 Å². The zero-order chi connectivity index (χ0) is 12.4. The lowest BCUT2D eigenvalue weighted by Crippen LogP contribution is -2.27. The van der Waals surface area contributed by atoms with Gasteiger partial charge in [-0.05, 0) is 25.3 Å². The minimum absolute atomic E-state index is 0.135. The molecule has 3 heteroatoms. The van der Waals surface area contributed by atoms with Crippen molar-refractivity contribution in [3.8, 4) is 12.3 Å². The number of hydrogen-bond donors (Lipinski definition) is 1. The van der Waals surface area contributed by atoms with Crippen molar-refractivity contribution >= 4 is 5.91 Å². The maximum atomic E-state index is 11.6. The Morgan fingerprint density at radius 2 is 2.12 bits per heavy atom. The third-order valence-electron chi connectivity index (χ3n) is 2.79. The Bertz CT molecular complexity index is 227. The van der Waals surface area contributed by atoms with E-state index < -0.39 is 0 Å². The Morgan fingerprint density at radius 1 is 1.44 bits per heavy atom. The highest BCUT2D eigenvalue weighted by molar-refractivity contribution is 5.76. The van der Waals surface area contributed by atoms with Crippen LogP contribution >= 0.6 is 0 Å². The Morgan fingerprint density at radius 3 is 2.62 bits per heavy atom. The smallest absolute Gasteiger partial charge is 0.223 e. The number of rotatable bonds is 8. The van der Waals surface area contributed by atoms with Gasteiger partial charge in [0.2, 0.25) is 5.91 Å². The van der Waals surface area contributed by atoms with Crippen LogP contribution in [-0.4, -0.2) is 30.9 Å². The monoisotopic (exact) mass is 224 g/mol. The van der Waals surface area contributed by atoms with Gasteiger partial charge in [-0.15, -0.1) is 6.42 Å². The highest BCUT2D eigenvalue weighted by Crippen LogP contribution is 2.17. The standard InChI is InChI=1S/C13H24N2O/c1-4-6-12(9-10-14)7-8-13(16)15(3)11-5-2/h2,12H,4,6-11,14H2,1,3H3. The third kappa shape index (κ3) is 6.47. The Kier molecular flexibility index (Phi) is 8.65. The fourth-order valence-electron chi connectivity index (χ4n) is 1.82. The molecule has 1 atom stereocenters. The van der Waals surface area contributed by atoms with Crippen molar-refractivity contribution < 1.29 is 4.79 Å². The molecule has 0 aromatic heterocycles. The second kappa shape index (κ2) is 9.23. The zero-order valence-corrected chi connectivity index (χ0v) is 10.5. The van der Waals surface area contributed by atoms with Gasteiger partial charge in [0, 0.05) is 13.5 Å². The van der Waals surface area contributed by atoms with Crippen LogP contribution < -0.4 is 5.73 Å². The zero-order valence-electron chi connectivity index (χ0n) is 10.5. The summed E-state index contributed by atoms with van der Waals surface area (Å²) in [4.78, 5) is 13.2. The first-order valence-corrected chi connectivity index (χ1v) is 6.03. The predicted molar refractivity (Wildman–Crippen MR) is 67.8 cm³/mol. The average molecular weight is 224 g/mol. The molecule has 0 saturated carbocycles. The summed E-state index contributed by atoms with van der Waals surface area (Å²) in [7, 11) is 1.75. The largest absolute Gasteiger partial charge is 0.335 e. The first-order chi connectivity index (χ1) is 7.65. The molecule has 16 heavy (non-hydrogen) atoms. The summed E-state index contributed by atoms with van der Waals surface area (Å²) >= 11 is 0. The van der Waals surface area contributed by atoms with Crippen LogP contribution in [0.3, 0.4) is 0 Å². The van der Waals surface area contributed by atoms with E-state index in [0.717, 1.165) is 25.7 Å². The summed E-state index contributed by atoms with van der Waals surface area (Å²) in [5.74, 6) is 3.19. The Labute approximate surface area is 99.4 Å². The molecule has 0 spiro atoms. The number of carbonyl (C=O) groups is 1. The normalized spacial score (nSPS) is 11.9. The first kappa shape index (κ1) is 15.0. The lowest BCUT2D eigenvalue weighted by molar-refractivity contribution is -0.129. The lowest BCUT2D eigenvalue weighted by atomic mass is 9.94.